The van der Waals surface area contributed by atoms with Crippen molar-refractivity contribution in [1.82, 2.24) is 15.1 Å². The zero-order valence-corrected chi connectivity index (χ0v) is 23.1. The van der Waals surface area contributed by atoms with Gasteiger partial charge in [-0.25, -0.2) is 0 Å². The molecule has 0 spiro atoms. The first-order chi connectivity index (χ1) is 18.5. The number of nitrogens with zero attached hydrogens (tertiary/aromatic N) is 2. The SMILES string of the molecule is COCCN(C)CCCOc1cc(NC(=O)c2sccc2C)c(/C=C/c2n[nH]c3ccccc23)cc1OC. The van der Waals surface area contributed by atoms with Gasteiger partial charge >= 0.3 is 0 Å². The maximum Gasteiger partial charge on any atom is 0.266 e. The van der Waals surface area contributed by atoms with Gasteiger partial charge in [-0.15, -0.1) is 11.3 Å². The Hall–Kier alpha value is -3.66. The Bertz CT molecular complexity index is 1390. The Morgan fingerprint density at radius 1 is 1.11 bits per heavy atom. The first kappa shape index (κ1) is 27.4. The highest BCUT2D eigenvalue weighted by atomic mass is 32.1. The predicted octanol–water partition coefficient (Wildman–Crippen LogP) is 5.71. The molecule has 0 aliphatic carbocycles. The molecule has 0 saturated carbocycles. The molecule has 4 rings (SSSR count). The minimum Gasteiger partial charge on any atom is -0.493 e. The molecule has 2 aromatic carbocycles. The van der Waals surface area contributed by atoms with Gasteiger partial charge in [-0.3, -0.25) is 9.89 Å². The Morgan fingerprint density at radius 3 is 2.71 bits per heavy atom. The first-order valence-electron chi connectivity index (χ1n) is 12.5. The van der Waals surface area contributed by atoms with Crippen molar-refractivity contribution in [3.63, 3.8) is 0 Å². The number of benzene rings is 2. The largest absolute Gasteiger partial charge is 0.493 e. The van der Waals surface area contributed by atoms with Gasteiger partial charge in [0, 0.05) is 37.2 Å². The molecular weight excluding hydrogens is 500 g/mol. The molecule has 0 saturated heterocycles. The predicted molar refractivity (Wildman–Crippen MR) is 155 cm³/mol. The van der Waals surface area contributed by atoms with E-state index in [0.29, 0.717) is 35.3 Å². The Balaban J connectivity index is 1.59. The van der Waals surface area contributed by atoms with E-state index in [1.165, 1.54) is 11.3 Å². The van der Waals surface area contributed by atoms with Crippen LogP contribution in [0.25, 0.3) is 23.1 Å². The van der Waals surface area contributed by atoms with Gasteiger partial charge in [0.05, 0.1) is 42.1 Å². The van der Waals surface area contributed by atoms with Gasteiger partial charge in [-0.2, -0.15) is 5.10 Å². The second-order valence-corrected chi connectivity index (χ2v) is 9.88. The summed E-state index contributed by atoms with van der Waals surface area (Å²) in [6.07, 6.45) is 4.69. The van der Waals surface area contributed by atoms with Gasteiger partial charge < -0.3 is 24.4 Å². The highest BCUT2D eigenvalue weighted by molar-refractivity contribution is 7.12. The summed E-state index contributed by atoms with van der Waals surface area (Å²) in [6.45, 7) is 4.89. The van der Waals surface area contributed by atoms with Crippen molar-refractivity contribution in [3.8, 4) is 11.5 Å². The second kappa shape index (κ2) is 13.2. The van der Waals surface area contributed by atoms with E-state index in [1.807, 2.05) is 66.9 Å². The zero-order valence-electron chi connectivity index (χ0n) is 22.2. The molecule has 8 nitrogen and oxygen atoms in total. The number of amides is 1. The number of hydrogen-bond donors (Lipinski definition) is 2. The molecule has 38 heavy (non-hydrogen) atoms. The number of fused-ring (bicyclic) bond motifs is 1. The number of aromatic nitrogens is 2. The fourth-order valence-electron chi connectivity index (χ4n) is 4.03. The Kier molecular flexibility index (Phi) is 9.53. The zero-order chi connectivity index (χ0) is 26.9. The maximum atomic E-state index is 13.1. The summed E-state index contributed by atoms with van der Waals surface area (Å²) in [7, 11) is 5.38. The van der Waals surface area contributed by atoms with Crippen molar-refractivity contribution < 1.29 is 19.0 Å². The topological polar surface area (TPSA) is 88.7 Å². The molecule has 0 bridgehead atoms. The molecule has 0 aliphatic rings. The molecule has 1 amide bonds. The van der Waals surface area contributed by atoms with E-state index in [9.17, 15) is 4.79 Å². The standard InChI is InChI=1S/C29H34N4O4S/c1-20-12-17-38-28(20)29(34)30-25-19-27(37-15-7-13-33(2)14-16-35-3)26(36-4)18-21(25)10-11-24-22-8-5-6-9-23(22)31-32-24/h5-6,8-12,17-19H,7,13-16H2,1-4H3,(H,30,34)(H,31,32)/b11-10+. The third-order valence-corrected chi connectivity index (χ3v) is 7.21. The number of para-hydroxylation sites is 1. The van der Waals surface area contributed by atoms with Crippen molar-refractivity contribution >= 4 is 46.0 Å². The lowest BCUT2D eigenvalue weighted by Gasteiger charge is -2.18. The van der Waals surface area contributed by atoms with Crippen LogP contribution in [-0.4, -0.2) is 68.6 Å². The summed E-state index contributed by atoms with van der Waals surface area (Å²) in [6, 6.07) is 13.6. The van der Waals surface area contributed by atoms with Crippen LogP contribution in [-0.2, 0) is 4.74 Å². The molecule has 2 aromatic heterocycles. The number of thiophene rings is 1. The summed E-state index contributed by atoms with van der Waals surface area (Å²) in [4.78, 5) is 16.0. The molecule has 2 heterocycles. The number of hydrogen-bond acceptors (Lipinski definition) is 7. The minimum atomic E-state index is -0.159. The number of nitrogens with one attached hydrogen (secondary N) is 2. The molecule has 9 heteroatoms. The van der Waals surface area contributed by atoms with E-state index in [4.69, 9.17) is 14.2 Å². The molecule has 0 atom stereocenters. The average molecular weight is 535 g/mol. The number of carbonyl (C=O) groups is 1. The van der Waals surface area contributed by atoms with Crippen molar-refractivity contribution in [3.05, 3.63) is 69.5 Å². The number of anilines is 1. The van der Waals surface area contributed by atoms with Gasteiger partial charge in [0.1, 0.15) is 0 Å². The van der Waals surface area contributed by atoms with Gasteiger partial charge in [0.15, 0.2) is 11.5 Å². The smallest absolute Gasteiger partial charge is 0.266 e. The quantitative estimate of drug-likeness (QED) is 0.214. The third-order valence-electron chi connectivity index (χ3n) is 6.19. The third kappa shape index (κ3) is 6.80. The number of methoxy groups -OCH3 is 2. The molecule has 4 aromatic rings. The first-order valence-corrected chi connectivity index (χ1v) is 13.4. The van der Waals surface area contributed by atoms with E-state index in [2.05, 4.69) is 27.5 Å². The van der Waals surface area contributed by atoms with Crippen molar-refractivity contribution in [1.29, 1.82) is 0 Å². The number of aromatic amines is 1. The molecule has 0 radical (unpaired) electrons. The minimum absolute atomic E-state index is 0.159. The number of aryl methyl sites for hydroxylation is 1. The van der Waals surface area contributed by atoms with Crippen LogP contribution in [0.1, 0.15) is 32.9 Å². The van der Waals surface area contributed by atoms with Crippen LogP contribution >= 0.6 is 11.3 Å². The maximum absolute atomic E-state index is 13.1. The fourth-order valence-corrected chi connectivity index (χ4v) is 4.85. The summed E-state index contributed by atoms with van der Waals surface area (Å²) in [5.41, 5.74) is 4.12. The number of carbonyl (C=O) groups excluding carboxylic acids is 1. The van der Waals surface area contributed by atoms with Crippen LogP contribution < -0.4 is 14.8 Å². The van der Waals surface area contributed by atoms with Crippen LogP contribution in [0.4, 0.5) is 5.69 Å². The van der Waals surface area contributed by atoms with E-state index in [-0.39, 0.29) is 5.91 Å². The molecule has 0 aliphatic heterocycles. The van der Waals surface area contributed by atoms with E-state index < -0.39 is 0 Å². The van der Waals surface area contributed by atoms with Crippen LogP contribution in [0.15, 0.2) is 47.8 Å². The van der Waals surface area contributed by atoms with Crippen LogP contribution in [0, 0.1) is 6.92 Å². The lowest BCUT2D eigenvalue weighted by Crippen LogP contribution is -2.25. The Labute approximate surface area is 227 Å². The lowest BCUT2D eigenvalue weighted by molar-refractivity contribution is 0.103. The lowest BCUT2D eigenvalue weighted by atomic mass is 10.1. The molecule has 2 N–H and O–H groups in total. The molecular formula is C29H34N4O4S. The number of H-pyrrole nitrogens is 1. The highest BCUT2D eigenvalue weighted by Crippen LogP contribution is 2.35. The summed E-state index contributed by atoms with van der Waals surface area (Å²) >= 11 is 1.42. The molecule has 200 valence electrons. The summed E-state index contributed by atoms with van der Waals surface area (Å²) in [5, 5.41) is 13.5. The van der Waals surface area contributed by atoms with Crippen LogP contribution in [0.2, 0.25) is 0 Å². The average Bonchev–Trinajstić information content (AvgIpc) is 3.55. The van der Waals surface area contributed by atoms with Gasteiger partial charge in [-0.1, -0.05) is 24.3 Å². The number of likely N-dealkylation sites (N-methyl/N-ethyl adjacent to an activating group) is 1. The van der Waals surface area contributed by atoms with E-state index in [0.717, 1.165) is 47.2 Å². The van der Waals surface area contributed by atoms with Gasteiger partial charge in [0.2, 0.25) is 0 Å². The number of ether oxygens (including phenoxy) is 3. The van der Waals surface area contributed by atoms with Crippen molar-refractivity contribution in [2.24, 2.45) is 0 Å². The van der Waals surface area contributed by atoms with Crippen LogP contribution in [0.3, 0.4) is 0 Å². The summed E-state index contributed by atoms with van der Waals surface area (Å²) < 4.78 is 16.9. The fraction of sp³-hybridized carbons (Fsp3) is 0.310. The van der Waals surface area contributed by atoms with Gasteiger partial charge in [0.25, 0.3) is 5.91 Å². The number of rotatable bonds is 13. The molecule has 0 fully saturated rings. The highest BCUT2D eigenvalue weighted by Gasteiger charge is 2.16. The second-order valence-electron chi connectivity index (χ2n) is 8.96. The van der Waals surface area contributed by atoms with E-state index in [1.54, 1.807) is 14.2 Å². The summed E-state index contributed by atoms with van der Waals surface area (Å²) in [5.74, 6) is 1.01. The van der Waals surface area contributed by atoms with Crippen molar-refractivity contribution in [2.45, 2.75) is 13.3 Å². The Morgan fingerprint density at radius 2 is 1.95 bits per heavy atom. The normalized spacial score (nSPS) is 11.5. The van der Waals surface area contributed by atoms with Gasteiger partial charge in [-0.05, 0) is 55.6 Å². The van der Waals surface area contributed by atoms with Crippen molar-refractivity contribution in [2.75, 3.05) is 52.9 Å². The monoisotopic (exact) mass is 534 g/mol. The van der Waals surface area contributed by atoms with E-state index >= 15 is 0 Å². The van der Waals surface area contributed by atoms with Crippen LogP contribution in [0.5, 0.6) is 11.5 Å². The molecule has 0 unspecified atom stereocenters.